The third-order valence-electron chi connectivity index (χ3n) is 17.6. The second-order valence-electron chi connectivity index (χ2n) is 29.3. The molecule has 5 atom stereocenters. The molecule has 0 aromatic heterocycles. The lowest BCUT2D eigenvalue weighted by atomic mass is 10.0. The molecule has 3 N–H and O–H groups in total. The van der Waals surface area contributed by atoms with Gasteiger partial charge in [-0.1, -0.05) is 331 Å². The average molecular weight is 1400 g/mol. The molecular formula is C76H148O17P2. The van der Waals surface area contributed by atoms with E-state index in [1.54, 1.807) is 0 Å². The minimum absolute atomic E-state index is 0.103. The Balaban J connectivity index is 5.15. The summed E-state index contributed by atoms with van der Waals surface area (Å²) < 4.78 is 68.4. The molecule has 19 heteroatoms. The monoisotopic (exact) mass is 1400 g/mol. The standard InChI is InChI=1S/C76H148O17P2/c1-66(2)52-44-36-28-23-19-15-11-9-10-12-17-21-25-31-40-48-56-73(78)86-62-71(93-76(81)59-51-43-33-27-30-38-46-54-68(5)6)64-90-94(82,83)88-60-70(77)61-89-95(84,85)91-65-72(63-87-74(79)57-49-41-35-34-39-47-55-69(7)8)92-75(80)58-50-42-32-26-22-18-14-13-16-20-24-29-37-45-53-67(3)4/h66-72,77H,9-65H2,1-8H3,(H,82,83)(H,84,85)/t70?,71-,72-/m1/s1. The SMILES string of the molecule is CC(C)CCCCCCCCCCCCCCCCCCC(=O)OC[C@H](COP(=O)(O)OCC(O)COP(=O)(O)OC[C@@H](COC(=O)CCCCCCCCC(C)C)OC(=O)CCCCCCCCCCCCCCCCC(C)C)OC(=O)CCCCCCCCCC(C)C. The van der Waals surface area contributed by atoms with E-state index in [4.69, 9.17) is 37.0 Å². The van der Waals surface area contributed by atoms with E-state index in [2.05, 4.69) is 55.4 Å². The molecule has 0 bridgehead atoms. The van der Waals surface area contributed by atoms with Gasteiger partial charge in [-0.15, -0.1) is 0 Å². The second-order valence-corrected chi connectivity index (χ2v) is 32.2. The lowest BCUT2D eigenvalue weighted by Crippen LogP contribution is -2.30. The lowest BCUT2D eigenvalue weighted by molar-refractivity contribution is -0.161. The maximum atomic E-state index is 13.0. The van der Waals surface area contributed by atoms with Crippen molar-refractivity contribution in [3.63, 3.8) is 0 Å². The number of esters is 4. The van der Waals surface area contributed by atoms with Gasteiger partial charge in [0.1, 0.15) is 19.3 Å². The smallest absolute Gasteiger partial charge is 0.462 e. The summed E-state index contributed by atoms with van der Waals surface area (Å²) in [5.74, 6) is 0.857. The molecule has 0 fully saturated rings. The van der Waals surface area contributed by atoms with Gasteiger partial charge >= 0.3 is 39.5 Å². The molecular weight excluding hydrogens is 1250 g/mol. The normalized spacial score (nSPS) is 14.1. The first-order valence-corrected chi connectivity index (χ1v) is 42.2. The molecule has 0 aromatic rings. The zero-order valence-electron chi connectivity index (χ0n) is 62.3. The highest BCUT2D eigenvalue weighted by molar-refractivity contribution is 7.47. The van der Waals surface area contributed by atoms with E-state index in [0.29, 0.717) is 37.5 Å². The summed E-state index contributed by atoms with van der Waals surface area (Å²) in [5, 5.41) is 10.6. The first-order chi connectivity index (χ1) is 45.6. The van der Waals surface area contributed by atoms with Crippen molar-refractivity contribution in [1.82, 2.24) is 0 Å². The van der Waals surface area contributed by atoms with Crippen LogP contribution in [0.5, 0.6) is 0 Å². The van der Waals surface area contributed by atoms with Gasteiger partial charge in [-0.3, -0.25) is 37.3 Å². The Morgan fingerprint density at radius 1 is 0.263 bits per heavy atom. The van der Waals surface area contributed by atoms with Crippen molar-refractivity contribution < 1.29 is 80.2 Å². The van der Waals surface area contributed by atoms with E-state index in [1.165, 1.54) is 180 Å². The largest absolute Gasteiger partial charge is 0.472 e. The highest BCUT2D eigenvalue weighted by Crippen LogP contribution is 2.45. The zero-order valence-corrected chi connectivity index (χ0v) is 64.1. The number of unbranched alkanes of at least 4 members (excludes halogenated alkanes) is 39. The number of carbonyl (C=O) groups is 4. The van der Waals surface area contributed by atoms with E-state index in [9.17, 15) is 43.2 Å². The summed E-state index contributed by atoms with van der Waals surface area (Å²) in [6, 6.07) is 0. The van der Waals surface area contributed by atoms with Crippen LogP contribution in [0.1, 0.15) is 383 Å². The maximum absolute atomic E-state index is 13.0. The van der Waals surface area contributed by atoms with Crippen molar-refractivity contribution >= 4 is 39.5 Å². The van der Waals surface area contributed by atoms with E-state index in [-0.39, 0.29) is 25.7 Å². The van der Waals surface area contributed by atoms with Crippen LogP contribution < -0.4 is 0 Å². The number of ether oxygens (including phenoxy) is 4. The van der Waals surface area contributed by atoms with E-state index in [1.807, 2.05) is 0 Å². The molecule has 0 rings (SSSR count). The molecule has 0 amide bonds. The van der Waals surface area contributed by atoms with E-state index >= 15 is 0 Å². The van der Waals surface area contributed by atoms with Crippen molar-refractivity contribution in [2.75, 3.05) is 39.6 Å². The van der Waals surface area contributed by atoms with Crippen molar-refractivity contribution in [2.45, 2.75) is 401 Å². The summed E-state index contributed by atoms with van der Waals surface area (Å²) >= 11 is 0. The molecule has 564 valence electrons. The number of carbonyl (C=O) groups excluding carboxylic acids is 4. The molecule has 0 radical (unpaired) electrons. The van der Waals surface area contributed by atoms with Crippen LogP contribution in [-0.2, 0) is 65.4 Å². The Labute approximate surface area is 581 Å². The first kappa shape index (κ1) is 93.1. The third kappa shape index (κ3) is 70.3. The van der Waals surface area contributed by atoms with Gasteiger partial charge in [0.25, 0.3) is 0 Å². The topological polar surface area (TPSA) is 237 Å². The Bertz CT molecular complexity index is 1870. The molecule has 0 saturated heterocycles. The van der Waals surface area contributed by atoms with Gasteiger partial charge in [0, 0.05) is 25.7 Å². The Morgan fingerprint density at radius 2 is 0.442 bits per heavy atom. The fourth-order valence-corrected chi connectivity index (χ4v) is 13.1. The van der Waals surface area contributed by atoms with Crippen molar-refractivity contribution in [3.8, 4) is 0 Å². The number of rotatable bonds is 73. The van der Waals surface area contributed by atoms with Gasteiger partial charge in [0.05, 0.1) is 26.4 Å². The lowest BCUT2D eigenvalue weighted by Gasteiger charge is -2.21. The number of hydrogen-bond acceptors (Lipinski definition) is 15. The Morgan fingerprint density at radius 3 is 0.653 bits per heavy atom. The fourth-order valence-electron chi connectivity index (χ4n) is 11.6. The highest BCUT2D eigenvalue weighted by Gasteiger charge is 2.30. The van der Waals surface area contributed by atoms with Crippen molar-refractivity contribution in [2.24, 2.45) is 23.7 Å². The van der Waals surface area contributed by atoms with Crippen LogP contribution in [0.4, 0.5) is 0 Å². The number of aliphatic hydroxyl groups is 1. The Hall–Kier alpha value is -1.94. The minimum atomic E-state index is -4.96. The van der Waals surface area contributed by atoms with Gasteiger partial charge in [-0.2, -0.15) is 0 Å². The number of aliphatic hydroxyl groups excluding tert-OH is 1. The highest BCUT2D eigenvalue weighted by atomic mass is 31.2. The number of phosphoric ester groups is 2. The number of hydrogen-bond donors (Lipinski definition) is 3. The Kier molecular flexibility index (Phi) is 64.0. The minimum Gasteiger partial charge on any atom is -0.462 e. The van der Waals surface area contributed by atoms with Crippen LogP contribution in [0, 0.1) is 23.7 Å². The first-order valence-electron chi connectivity index (χ1n) is 39.2. The summed E-state index contributed by atoms with van der Waals surface area (Å²) in [6.45, 7) is 14.1. The maximum Gasteiger partial charge on any atom is 0.472 e. The summed E-state index contributed by atoms with van der Waals surface area (Å²) in [4.78, 5) is 72.7. The molecule has 95 heavy (non-hydrogen) atoms. The van der Waals surface area contributed by atoms with Crippen LogP contribution in [-0.4, -0.2) is 96.7 Å². The molecule has 17 nitrogen and oxygen atoms in total. The average Bonchev–Trinajstić information content (AvgIpc) is 1.70. The summed E-state index contributed by atoms with van der Waals surface area (Å²) in [6.07, 6.45) is 50.3. The fraction of sp³-hybridized carbons (Fsp3) is 0.947. The van der Waals surface area contributed by atoms with Gasteiger partial charge in [-0.25, -0.2) is 9.13 Å². The van der Waals surface area contributed by atoms with Gasteiger partial charge in [0.2, 0.25) is 0 Å². The van der Waals surface area contributed by atoms with Crippen LogP contribution in [0.25, 0.3) is 0 Å². The van der Waals surface area contributed by atoms with Gasteiger partial charge < -0.3 is 33.8 Å². The molecule has 0 aromatic carbocycles. The predicted molar refractivity (Wildman–Crippen MR) is 386 cm³/mol. The predicted octanol–water partition coefficient (Wildman–Crippen LogP) is 22.0. The molecule has 0 aliphatic rings. The third-order valence-corrected chi connectivity index (χ3v) is 19.5. The van der Waals surface area contributed by atoms with Crippen molar-refractivity contribution in [1.29, 1.82) is 0 Å². The zero-order chi connectivity index (χ0) is 70.3. The van der Waals surface area contributed by atoms with Crippen LogP contribution in [0.15, 0.2) is 0 Å². The number of phosphoric acid groups is 2. The molecule has 0 spiro atoms. The van der Waals surface area contributed by atoms with Crippen LogP contribution in [0.3, 0.4) is 0 Å². The van der Waals surface area contributed by atoms with Gasteiger partial charge in [-0.05, 0) is 49.4 Å². The van der Waals surface area contributed by atoms with Crippen LogP contribution >= 0.6 is 15.6 Å². The van der Waals surface area contributed by atoms with Crippen LogP contribution in [0.2, 0.25) is 0 Å². The van der Waals surface area contributed by atoms with E-state index < -0.39 is 97.5 Å². The molecule has 3 unspecified atom stereocenters. The van der Waals surface area contributed by atoms with Crippen molar-refractivity contribution in [3.05, 3.63) is 0 Å². The molecule has 0 saturated carbocycles. The molecule has 0 aliphatic heterocycles. The van der Waals surface area contributed by atoms with E-state index in [0.717, 1.165) is 108 Å². The van der Waals surface area contributed by atoms with Gasteiger partial charge in [0.15, 0.2) is 12.2 Å². The molecule has 0 heterocycles. The summed E-state index contributed by atoms with van der Waals surface area (Å²) in [5.41, 5.74) is 0. The summed E-state index contributed by atoms with van der Waals surface area (Å²) in [7, 11) is -9.91. The second kappa shape index (κ2) is 65.4. The quantitative estimate of drug-likeness (QED) is 0.0222. The molecule has 0 aliphatic carbocycles.